The van der Waals surface area contributed by atoms with E-state index in [2.05, 4.69) is 31.0 Å². The molecule has 0 fully saturated rings. The van der Waals surface area contributed by atoms with Gasteiger partial charge in [-0.05, 0) is 35.4 Å². The molecule has 3 nitrogen and oxygen atoms in total. The van der Waals surface area contributed by atoms with Gasteiger partial charge in [0.1, 0.15) is 5.82 Å². The van der Waals surface area contributed by atoms with E-state index in [0.29, 0.717) is 5.69 Å². The molecule has 1 aromatic carbocycles. The molecule has 0 saturated heterocycles. The summed E-state index contributed by atoms with van der Waals surface area (Å²) in [5.74, 6) is -0.375. The second-order valence-electron chi connectivity index (χ2n) is 6.60. The minimum absolute atomic E-state index is 0.157. The summed E-state index contributed by atoms with van der Waals surface area (Å²) >= 11 is 0. The highest BCUT2D eigenvalue weighted by molar-refractivity contribution is 7.90. The fraction of sp³-hybridized carbons (Fsp3) is 0.211. The van der Waals surface area contributed by atoms with E-state index in [1.54, 1.807) is 30.3 Å². The molecule has 2 aromatic rings. The van der Waals surface area contributed by atoms with Gasteiger partial charge in [-0.25, -0.2) is 12.8 Å². The van der Waals surface area contributed by atoms with Gasteiger partial charge in [0.2, 0.25) is 0 Å². The van der Waals surface area contributed by atoms with Gasteiger partial charge < -0.3 is 0 Å². The molecule has 0 radical (unpaired) electrons. The first kappa shape index (κ1) is 16.6. The quantitative estimate of drug-likeness (QED) is 0.842. The van der Waals surface area contributed by atoms with Crippen molar-refractivity contribution in [3.05, 3.63) is 71.8 Å². The molecule has 3 rings (SSSR count). The first-order chi connectivity index (χ1) is 11.2. The van der Waals surface area contributed by atoms with Gasteiger partial charge in [0.05, 0.1) is 16.8 Å². The van der Waals surface area contributed by atoms with E-state index in [1.165, 1.54) is 18.5 Å². The van der Waals surface area contributed by atoms with Crippen LogP contribution in [0.15, 0.2) is 59.6 Å². The molecule has 24 heavy (non-hydrogen) atoms. The molecular weight excluding hydrogens is 325 g/mol. The molecule has 0 N–H and O–H groups in total. The molecule has 0 atom stereocenters. The highest BCUT2D eigenvalue weighted by Crippen LogP contribution is 2.43. The molecule has 0 saturated carbocycles. The maximum Gasteiger partial charge on any atom is 0.175 e. The molecular formula is C19H18FNO2S. The number of aromatic nitrogens is 1. The van der Waals surface area contributed by atoms with E-state index in [0.717, 1.165) is 16.7 Å². The molecule has 5 heteroatoms. The molecule has 1 aromatic heterocycles. The third kappa shape index (κ3) is 3.31. The molecule has 1 aliphatic rings. The summed E-state index contributed by atoms with van der Waals surface area (Å²) in [5.41, 5.74) is 3.34. The van der Waals surface area contributed by atoms with Gasteiger partial charge in [-0.1, -0.05) is 38.1 Å². The normalized spacial score (nSPS) is 16.7. The smallest absolute Gasteiger partial charge is 0.175 e. The number of hydrogen-bond donors (Lipinski definition) is 0. The molecule has 0 aliphatic heterocycles. The summed E-state index contributed by atoms with van der Waals surface area (Å²) in [6.45, 7) is 4.16. The van der Waals surface area contributed by atoms with E-state index in [-0.39, 0.29) is 16.1 Å². The van der Waals surface area contributed by atoms with Crippen LogP contribution < -0.4 is 0 Å². The zero-order chi connectivity index (χ0) is 17.5. The van der Waals surface area contributed by atoms with Crippen LogP contribution >= 0.6 is 0 Å². The topological polar surface area (TPSA) is 47.0 Å². The van der Waals surface area contributed by atoms with E-state index < -0.39 is 9.84 Å². The summed E-state index contributed by atoms with van der Waals surface area (Å²) in [7, 11) is -3.22. The minimum atomic E-state index is -3.22. The summed E-state index contributed by atoms with van der Waals surface area (Å²) in [4.78, 5) is 4.47. The largest absolute Gasteiger partial charge is 0.253 e. The second-order valence-corrected chi connectivity index (χ2v) is 8.61. The molecule has 0 unspecified atom stereocenters. The number of hydrogen-bond acceptors (Lipinski definition) is 3. The highest BCUT2D eigenvalue weighted by atomic mass is 32.2. The maximum atomic E-state index is 13.1. The van der Waals surface area contributed by atoms with Crippen molar-refractivity contribution in [2.24, 2.45) is 5.41 Å². The van der Waals surface area contributed by atoms with Crippen molar-refractivity contribution in [2.75, 3.05) is 6.26 Å². The summed E-state index contributed by atoms with van der Waals surface area (Å²) in [6, 6.07) is 9.83. The van der Waals surface area contributed by atoms with E-state index in [1.807, 2.05) is 0 Å². The highest BCUT2D eigenvalue weighted by Gasteiger charge is 2.26. The minimum Gasteiger partial charge on any atom is -0.253 e. The van der Waals surface area contributed by atoms with Gasteiger partial charge in [0.15, 0.2) is 9.84 Å². The Labute approximate surface area is 141 Å². The Hall–Kier alpha value is -2.27. The van der Waals surface area contributed by atoms with Crippen molar-refractivity contribution in [1.82, 2.24) is 4.98 Å². The lowest BCUT2D eigenvalue weighted by Gasteiger charge is -2.10. The Kier molecular flexibility index (Phi) is 3.92. The van der Waals surface area contributed by atoms with Crippen LogP contribution in [0.4, 0.5) is 4.39 Å². The number of pyridine rings is 1. The van der Waals surface area contributed by atoms with Crippen LogP contribution in [-0.4, -0.2) is 19.7 Å². The zero-order valence-corrected chi connectivity index (χ0v) is 14.6. The Morgan fingerprint density at radius 3 is 2.12 bits per heavy atom. The van der Waals surface area contributed by atoms with Gasteiger partial charge >= 0.3 is 0 Å². The van der Waals surface area contributed by atoms with Crippen molar-refractivity contribution in [3.8, 4) is 0 Å². The van der Waals surface area contributed by atoms with Crippen LogP contribution in [0, 0.1) is 11.2 Å². The molecule has 0 amide bonds. The molecule has 124 valence electrons. The average Bonchev–Trinajstić information content (AvgIpc) is 2.83. The Bertz CT molecular complexity index is 938. The average molecular weight is 343 g/mol. The van der Waals surface area contributed by atoms with Crippen LogP contribution in [0.5, 0.6) is 0 Å². The fourth-order valence-corrected chi connectivity index (χ4v) is 3.44. The lowest BCUT2D eigenvalue weighted by atomic mass is 9.95. The lowest BCUT2D eigenvalue weighted by molar-refractivity contribution is 0.602. The number of benzene rings is 1. The number of nitrogens with zero attached hydrogens (tertiary/aromatic N) is 1. The standard InChI is InChI=1S/C19H18FNO2S/c1-19(2)10-16(13-4-7-15(8-5-13)24(3,22)23)17(11-19)18-9-6-14(20)12-21-18/h4-12H,1-3H3. The summed E-state index contributed by atoms with van der Waals surface area (Å²) in [6.07, 6.45) is 6.59. The molecule has 0 bridgehead atoms. The molecule has 1 heterocycles. The van der Waals surface area contributed by atoms with Gasteiger partial charge in [-0.3, -0.25) is 4.98 Å². The van der Waals surface area contributed by atoms with Crippen molar-refractivity contribution in [2.45, 2.75) is 18.7 Å². The van der Waals surface area contributed by atoms with Gasteiger partial charge in [0, 0.05) is 17.2 Å². The predicted octanol–water partition coefficient (Wildman–Crippen LogP) is 4.13. The Balaban J connectivity index is 2.05. The number of halogens is 1. The number of rotatable bonds is 3. The van der Waals surface area contributed by atoms with Crippen LogP contribution in [0.25, 0.3) is 11.1 Å². The van der Waals surface area contributed by atoms with E-state index >= 15 is 0 Å². The molecule has 0 spiro atoms. The fourth-order valence-electron chi connectivity index (χ4n) is 2.81. The van der Waals surface area contributed by atoms with Crippen molar-refractivity contribution >= 4 is 21.0 Å². The number of allylic oxidation sites excluding steroid dienone is 4. The first-order valence-electron chi connectivity index (χ1n) is 7.54. The van der Waals surface area contributed by atoms with Crippen LogP contribution in [-0.2, 0) is 9.84 Å². The second kappa shape index (κ2) is 5.67. The van der Waals surface area contributed by atoms with Crippen LogP contribution in [0.1, 0.15) is 25.1 Å². The monoisotopic (exact) mass is 343 g/mol. The molecule has 1 aliphatic carbocycles. The van der Waals surface area contributed by atoms with Crippen molar-refractivity contribution in [1.29, 1.82) is 0 Å². The number of sulfone groups is 1. The first-order valence-corrected chi connectivity index (χ1v) is 9.43. The Morgan fingerprint density at radius 1 is 0.958 bits per heavy atom. The summed E-state index contributed by atoms with van der Waals surface area (Å²) in [5, 5.41) is 0. The van der Waals surface area contributed by atoms with Crippen molar-refractivity contribution < 1.29 is 12.8 Å². The predicted molar refractivity (Wildman–Crippen MR) is 93.5 cm³/mol. The Morgan fingerprint density at radius 2 is 1.58 bits per heavy atom. The van der Waals surface area contributed by atoms with E-state index in [4.69, 9.17) is 0 Å². The third-order valence-corrected chi connectivity index (χ3v) is 5.05. The van der Waals surface area contributed by atoms with Crippen LogP contribution in [0.3, 0.4) is 0 Å². The van der Waals surface area contributed by atoms with E-state index in [9.17, 15) is 12.8 Å². The van der Waals surface area contributed by atoms with Crippen molar-refractivity contribution in [3.63, 3.8) is 0 Å². The third-order valence-electron chi connectivity index (χ3n) is 3.92. The van der Waals surface area contributed by atoms with Crippen LogP contribution in [0.2, 0.25) is 0 Å². The SMILES string of the molecule is CC1(C)C=C(c2ccc(S(C)(=O)=O)cc2)C(c2ccc(F)cn2)=C1. The summed E-state index contributed by atoms with van der Waals surface area (Å²) < 4.78 is 36.4. The maximum absolute atomic E-state index is 13.1. The van der Waals surface area contributed by atoms with Gasteiger partial charge in [0.25, 0.3) is 0 Å². The van der Waals surface area contributed by atoms with Gasteiger partial charge in [-0.15, -0.1) is 0 Å². The lowest BCUT2D eigenvalue weighted by Crippen LogP contribution is -1.98. The zero-order valence-electron chi connectivity index (χ0n) is 13.7. The van der Waals surface area contributed by atoms with Gasteiger partial charge in [-0.2, -0.15) is 0 Å².